The first kappa shape index (κ1) is 28.0. The molecule has 0 aromatic heterocycles. The van der Waals surface area contributed by atoms with Gasteiger partial charge < -0.3 is 29.0 Å². The summed E-state index contributed by atoms with van der Waals surface area (Å²) in [5.74, 6) is 1.06. The van der Waals surface area contributed by atoms with Gasteiger partial charge in [0.05, 0.1) is 13.7 Å². The van der Waals surface area contributed by atoms with E-state index in [2.05, 4.69) is 13.8 Å². The van der Waals surface area contributed by atoms with Crippen LogP contribution in [-0.4, -0.2) is 61.6 Å². The summed E-state index contributed by atoms with van der Waals surface area (Å²) in [6.07, 6.45) is 0.894. The van der Waals surface area contributed by atoms with Crippen LogP contribution in [0, 0.1) is 5.92 Å². The lowest BCUT2D eigenvalue weighted by atomic mass is 10.0. The second-order valence-corrected chi connectivity index (χ2v) is 8.15. The Kier molecular flexibility index (Phi) is 11.9. The highest BCUT2D eigenvalue weighted by atomic mass is 16.6. The molecule has 0 radical (unpaired) electrons. The lowest BCUT2D eigenvalue weighted by molar-refractivity contribution is -0.149. The van der Waals surface area contributed by atoms with Crippen LogP contribution in [-0.2, 0) is 16.0 Å². The SMILES string of the molecule is CCOC(Cc1ccc(OCCN(CC(CC)CC)C(=O)Oc2cccc(OC)c2)cc1)C(=O)O. The standard InChI is InChI=1S/C27H37NO7/c1-5-20(6-2)19-28(27(31)35-24-10-8-9-23(18-24)32-4)15-16-34-22-13-11-21(12-14-22)17-25(26(29)30)33-7-3/h8-14,18,20,25H,5-7,15-17,19H2,1-4H3,(H,29,30). The van der Waals surface area contributed by atoms with E-state index in [0.717, 1.165) is 18.4 Å². The number of carboxylic acids is 1. The molecule has 2 aromatic rings. The van der Waals surface area contributed by atoms with Crippen molar-refractivity contribution in [2.75, 3.05) is 33.4 Å². The van der Waals surface area contributed by atoms with Gasteiger partial charge in [0, 0.05) is 25.6 Å². The second-order valence-electron chi connectivity index (χ2n) is 8.15. The predicted octanol–water partition coefficient (Wildman–Crippen LogP) is 5.04. The Morgan fingerprint density at radius 2 is 1.66 bits per heavy atom. The van der Waals surface area contributed by atoms with Gasteiger partial charge in [-0.3, -0.25) is 0 Å². The van der Waals surface area contributed by atoms with Gasteiger partial charge in [-0.2, -0.15) is 0 Å². The molecule has 0 spiro atoms. The van der Waals surface area contributed by atoms with Crippen molar-refractivity contribution in [1.82, 2.24) is 4.90 Å². The number of hydrogen-bond donors (Lipinski definition) is 1. The summed E-state index contributed by atoms with van der Waals surface area (Å²) in [6, 6.07) is 14.2. The number of hydrogen-bond acceptors (Lipinski definition) is 6. The van der Waals surface area contributed by atoms with E-state index in [1.165, 1.54) is 0 Å². The molecule has 0 aliphatic rings. The molecule has 1 unspecified atom stereocenters. The zero-order chi connectivity index (χ0) is 25.6. The third-order valence-corrected chi connectivity index (χ3v) is 5.76. The summed E-state index contributed by atoms with van der Waals surface area (Å²) in [6.45, 7) is 7.57. The summed E-state index contributed by atoms with van der Waals surface area (Å²) in [5, 5.41) is 9.25. The quantitative estimate of drug-likeness (QED) is 0.376. The Hall–Kier alpha value is -3.26. The van der Waals surface area contributed by atoms with Crippen LogP contribution in [0.2, 0.25) is 0 Å². The summed E-state index contributed by atoms with van der Waals surface area (Å²) < 4.78 is 21.9. The van der Waals surface area contributed by atoms with Crippen LogP contribution < -0.4 is 14.2 Å². The highest BCUT2D eigenvalue weighted by molar-refractivity contribution is 5.72. The summed E-state index contributed by atoms with van der Waals surface area (Å²) in [7, 11) is 1.56. The topological polar surface area (TPSA) is 94.5 Å². The molecule has 35 heavy (non-hydrogen) atoms. The zero-order valence-electron chi connectivity index (χ0n) is 21.1. The fourth-order valence-electron chi connectivity index (χ4n) is 3.57. The van der Waals surface area contributed by atoms with E-state index in [-0.39, 0.29) is 6.42 Å². The molecular formula is C27H37NO7. The maximum absolute atomic E-state index is 12.9. The molecule has 0 aliphatic heterocycles. The number of carbonyl (C=O) groups is 2. The lowest BCUT2D eigenvalue weighted by Crippen LogP contribution is -2.40. The highest BCUT2D eigenvalue weighted by Gasteiger charge is 2.20. The molecule has 0 fully saturated rings. The normalized spacial score (nSPS) is 11.7. The van der Waals surface area contributed by atoms with E-state index in [1.807, 2.05) is 12.1 Å². The monoisotopic (exact) mass is 487 g/mol. The number of carboxylic acid groups (broad SMARTS) is 1. The van der Waals surface area contributed by atoms with Crippen LogP contribution in [0.3, 0.4) is 0 Å². The van der Waals surface area contributed by atoms with Crippen molar-refractivity contribution < 1.29 is 33.6 Å². The van der Waals surface area contributed by atoms with Gasteiger partial charge in [0.1, 0.15) is 23.9 Å². The molecular weight excluding hydrogens is 450 g/mol. The van der Waals surface area contributed by atoms with Crippen LogP contribution in [0.15, 0.2) is 48.5 Å². The van der Waals surface area contributed by atoms with Gasteiger partial charge in [-0.1, -0.05) is 44.9 Å². The van der Waals surface area contributed by atoms with Gasteiger partial charge in [-0.25, -0.2) is 9.59 Å². The third-order valence-electron chi connectivity index (χ3n) is 5.76. The average molecular weight is 488 g/mol. The Morgan fingerprint density at radius 1 is 0.971 bits per heavy atom. The number of amides is 1. The van der Waals surface area contributed by atoms with Crippen molar-refractivity contribution in [3.8, 4) is 17.2 Å². The molecule has 2 rings (SSSR count). The smallest absolute Gasteiger partial charge is 0.415 e. The van der Waals surface area contributed by atoms with Gasteiger partial charge in [0.25, 0.3) is 0 Å². The Labute approximate surface area is 207 Å². The van der Waals surface area contributed by atoms with Crippen molar-refractivity contribution in [3.05, 3.63) is 54.1 Å². The van der Waals surface area contributed by atoms with Gasteiger partial charge in [-0.15, -0.1) is 0 Å². The van der Waals surface area contributed by atoms with Gasteiger partial charge >= 0.3 is 12.1 Å². The maximum Gasteiger partial charge on any atom is 0.415 e. The number of ether oxygens (including phenoxy) is 4. The zero-order valence-corrected chi connectivity index (χ0v) is 21.1. The molecule has 0 aliphatic carbocycles. The molecule has 8 heteroatoms. The number of rotatable bonds is 15. The minimum Gasteiger partial charge on any atom is -0.497 e. The van der Waals surface area contributed by atoms with Crippen molar-refractivity contribution >= 4 is 12.1 Å². The van der Waals surface area contributed by atoms with Gasteiger partial charge in [0.15, 0.2) is 6.10 Å². The van der Waals surface area contributed by atoms with Gasteiger partial charge in [-0.05, 0) is 42.7 Å². The molecule has 0 bridgehead atoms. The minimum absolute atomic E-state index is 0.281. The van der Waals surface area contributed by atoms with Crippen molar-refractivity contribution in [2.45, 2.75) is 46.1 Å². The third kappa shape index (κ3) is 9.48. The summed E-state index contributed by atoms with van der Waals surface area (Å²) in [5.41, 5.74) is 0.843. The van der Waals surface area contributed by atoms with Crippen LogP contribution >= 0.6 is 0 Å². The first-order valence-electron chi connectivity index (χ1n) is 12.1. The number of benzene rings is 2. The molecule has 0 saturated carbocycles. The first-order valence-corrected chi connectivity index (χ1v) is 12.1. The number of aliphatic carboxylic acids is 1. The summed E-state index contributed by atoms with van der Waals surface area (Å²) >= 11 is 0. The average Bonchev–Trinajstić information content (AvgIpc) is 2.86. The molecule has 8 nitrogen and oxygen atoms in total. The molecule has 1 atom stereocenters. The van der Waals surface area contributed by atoms with E-state index in [1.54, 1.807) is 55.3 Å². The van der Waals surface area contributed by atoms with Crippen molar-refractivity contribution in [3.63, 3.8) is 0 Å². The summed E-state index contributed by atoms with van der Waals surface area (Å²) in [4.78, 5) is 25.9. The van der Waals surface area contributed by atoms with Crippen LogP contribution in [0.25, 0.3) is 0 Å². The Morgan fingerprint density at radius 3 is 2.26 bits per heavy atom. The van der Waals surface area contributed by atoms with Crippen molar-refractivity contribution in [1.29, 1.82) is 0 Å². The maximum atomic E-state index is 12.9. The first-order chi connectivity index (χ1) is 16.9. The molecule has 192 valence electrons. The largest absolute Gasteiger partial charge is 0.497 e. The van der Waals surface area contributed by atoms with Gasteiger partial charge in [0.2, 0.25) is 0 Å². The number of methoxy groups -OCH3 is 1. The fourth-order valence-corrected chi connectivity index (χ4v) is 3.57. The van der Waals surface area contributed by atoms with E-state index in [0.29, 0.717) is 49.5 Å². The highest BCUT2D eigenvalue weighted by Crippen LogP contribution is 2.21. The molecule has 1 amide bonds. The van der Waals surface area contributed by atoms with E-state index >= 15 is 0 Å². The van der Waals surface area contributed by atoms with Crippen LogP contribution in [0.1, 0.15) is 39.2 Å². The van der Waals surface area contributed by atoms with Crippen LogP contribution in [0.5, 0.6) is 17.2 Å². The van der Waals surface area contributed by atoms with E-state index < -0.39 is 18.2 Å². The molecule has 0 saturated heterocycles. The minimum atomic E-state index is -0.981. The Bertz CT molecular complexity index is 912. The predicted molar refractivity (Wildman–Crippen MR) is 133 cm³/mol. The molecule has 0 heterocycles. The van der Waals surface area contributed by atoms with E-state index in [9.17, 15) is 14.7 Å². The van der Waals surface area contributed by atoms with E-state index in [4.69, 9.17) is 18.9 Å². The lowest BCUT2D eigenvalue weighted by Gasteiger charge is -2.26. The molecule has 1 N–H and O–H groups in total. The van der Waals surface area contributed by atoms with Crippen molar-refractivity contribution in [2.24, 2.45) is 5.92 Å². The number of carbonyl (C=O) groups excluding carboxylic acids is 1. The second kappa shape index (κ2) is 14.9. The fraction of sp³-hybridized carbons (Fsp3) is 0.481. The van der Waals surface area contributed by atoms with Crippen LogP contribution in [0.4, 0.5) is 4.79 Å². The number of nitrogens with zero attached hydrogens (tertiary/aromatic N) is 1. The Balaban J connectivity index is 1.97. The molecule has 2 aromatic carbocycles.